The molecule has 0 aromatic rings. The molecular weight excluding hydrogens is 204 g/mol. The monoisotopic (exact) mass is 226 g/mol. The van der Waals surface area contributed by atoms with Gasteiger partial charge < -0.3 is 14.6 Å². The van der Waals surface area contributed by atoms with Crippen LogP contribution in [0.4, 0.5) is 0 Å². The molecule has 1 saturated heterocycles. The molecule has 1 heterocycles. The minimum Gasteiger partial charge on any atom is -0.388 e. The Labute approximate surface area is 97.8 Å². The van der Waals surface area contributed by atoms with Gasteiger partial charge in [0.15, 0.2) is 0 Å². The van der Waals surface area contributed by atoms with E-state index in [0.29, 0.717) is 6.61 Å². The van der Waals surface area contributed by atoms with Crippen LogP contribution in [0.3, 0.4) is 0 Å². The Morgan fingerprint density at radius 2 is 2.25 bits per heavy atom. The van der Waals surface area contributed by atoms with Crippen molar-refractivity contribution in [3.8, 4) is 0 Å². The van der Waals surface area contributed by atoms with Gasteiger partial charge in [-0.05, 0) is 12.0 Å². The molecule has 0 aromatic carbocycles. The number of ether oxygens (including phenoxy) is 2. The molecule has 1 aliphatic rings. The van der Waals surface area contributed by atoms with Crippen molar-refractivity contribution in [2.45, 2.75) is 38.6 Å². The van der Waals surface area contributed by atoms with E-state index in [-0.39, 0.29) is 12.2 Å². The van der Waals surface area contributed by atoms with E-state index in [1.54, 1.807) is 7.11 Å². The average Bonchev–Trinajstić information content (AvgIpc) is 2.64. The van der Waals surface area contributed by atoms with Crippen molar-refractivity contribution in [2.24, 2.45) is 5.41 Å². The molecule has 3 atom stereocenters. The standard InChI is InChI=1S/C13H22O3/c1-6-11(14)13(3,4)12(15-5)10-7-9(2)8-16-10/h6,10-12,14H,1-2,7-8H2,3-5H3/t10-,11+,12+/m1/s1. The summed E-state index contributed by atoms with van der Waals surface area (Å²) in [4.78, 5) is 0. The first-order chi connectivity index (χ1) is 7.43. The summed E-state index contributed by atoms with van der Waals surface area (Å²) in [6, 6.07) is 0. The van der Waals surface area contributed by atoms with Crippen molar-refractivity contribution in [3.63, 3.8) is 0 Å². The first kappa shape index (κ1) is 13.4. The largest absolute Gasteiger partial charge is 0.388 e. The first-order valence-corrected chi connectivity index (χ1v) is 5.55. The molecular formula is C13H22O3. The number of hydrogen-bond acceptors (Lipinski definition) is 3. The van der Waals surface area contributed by atoms with E-state index in [0.717, 1.165) is 12.0 Å². The van der Waals surface area contributed by atoms with E-state index in [4.69, 9.17) is 9.47 Å². The molecule has 1 aliphatic heterocycles. The predicted molar refractivity (Wildman–Crippen MR) is 64.3 cm³/mol. The highest BCUT2D eigenvalue weighted by molar-refractivity contribution is 5.07. The summed E-state index contributed by atoms with van der Waals surface area (Å²) in [7, 11) is 1.65. The zero-order valence-electron chi connectivity index (χ0n) is 10.4. The SMILES string of the molecule is C=C[C@H](O)C(C)(C)[C@@H](OC)[C@H]1CC(=C)CO1. The predicted octanol–water partition coefficient (Wildman–Crippen LogP) is 1.92. The van der Waals surface area contributed by atoms with Crippen LogP contribution >= 0.6 is 0 Å². The highest BCUT2D eigenvalue weighted by atomic mass is 16.5. The molecule has 1 rings (SSSR count). The smallest absolute Gasteiger partial charge is 0.0914 e. The number of hydrogen-bond donors (Lipinski definition) is 1. The van der Waals surface area contributed by atoms with Crippen LogP contribution in [0, 0.1) is 5.41 Å². The third kappa shape index (κ3) is 2.54. The Balaban J connectivity index is 2.80. The van der Waals surface area contributed by atoms with Crippen LogP contribution in [0.15, 0.2) is 24.8 Å². The van der Waals surface area contributed by atoms with Gasteiger partial charge in [0.1, 0.15) is 0 Å². The van der Waals surface area contributed by atoms with Crippen LogP contribution in [0.25, 0.3) is 0 Å². The summed E-state index contributed by atoms with van der Waals surface area (Å²) in [5.41, 5.74) is 0.655. The van der Waals surface area contributed by atoms with Crippen molar-refractivity contribution in [1.29, 1.82) is 0 Å². The molecule has 0 amide bonds. The van der Waals surface area contributed by atoms with Gasteiger partial charge in [-0.2, -0.15) is 0 Å². The second-order valence-electron chi connectivity index (χ2n) is 4.96. The number of aliphatic hydroxyl groups is 1. The van der Waals surface area contributed by atoms with Crippen LogP contribution in [-0.2, 0) is 9.47 Å². The van der Waals surface area contributed by atoms with Crippen LogP contribution in [0.5, 0.6) is 0 Å². The Morgan fingerprint density at radius 3 is 2.62 bits per heavy atom. The van der Waals surface area contributed by atoms with Gasteiger partial charge in [0.25, 0.3) is 0 Å². The quantitative estimate of drug-likeness (QED) is 0.728. The van der Waals surface area contributed by atoms with E-state index in [1.807, 2.05) is 13.8 Å². The summed E-state index contributed by atoms with van der Waals surface area (Å²) in [5.74, 6) is 0. The van der Waals surface area contributed by atoms with E-state index >= 15 is 0 Å². The molecule has 0 bridgehead atoms. The Hall–Kier alpha value is -0.640. The lowest BCUT2D eigenvalue weighted by atomic mass is 9.77. The fraction of sp³-hybridized carbons (Fsp3) is 0.692. The molecule has 0 radical (unpaired) electrons. The number of aliphatic hydroxyl groups excluding tert-OH is 1. The maximum absolute atomic E-state index is 9.94. The van der Waals surface area contributed by atoms with Gasteiger partial charge >= 0.3 is 0 Å². The maximum atomic E-state index is 9.94. The third-order valence-electron chi connectivity index (χ3n) is 3.30. The Morgan fingerprint density at radius 1 is 1.62 bits per heavy atom. The van der Waals surface area contributed by atoms with Gasteiger partial charge in [0.2, 0.25) is 0 Å². The van der Waals surface area contributed by atoms with Crippen LogP contribution in [-0.4, -0.2) is 37.1 Å². The van der Waals surface area contributed by atoms with Crippen LogP contribution in [0.2, 0.25) is 0 Å². The topological polar surface area (TPSA) is 38.7 Å². The van der Waals surface area contributed by atoms with E-state index in [1.165, 1.54) is 6.08 Å². The molecule has 1 N–H and O–H groups in total. The van der Waals surface area contributed by atoms with Crippen molar-refractivity contribution in [3.05, 3.63) is 24.8 Å². The average molecular weight is 226 g/mol. The first-order valence-electron chi connectivity index (χ1n) is 5.55. The van der Waals surface area contributed by atoms with Gasteiger partial charge in [-0.3, -0.25) is 0 Å². The van der Waals surface area contributed by atoms with Crippen LogP contribution in [0.1, 0.15) is 20.3 Å². The molecule has 16 heavy (non-hydrogen) atoms. The molecule has 92 valence electrons. The number of methoxy groups -OCH3 is 1. The highest BCUT2D eigenvalue weighted by Gasteiger charge is 2.42. The third-order valence-corrected chi connectivity index (χ3v) is 3.30. The minimum absolute atomic E-state index is 0.0258. The zero-order valence-corrected chi connectivity index (χ0v) is 10.4. The van der Waals surface area contributed by atoms with Gasteiger partial charge in [0.05, 0.1) is 24.9 Å². The van der Waals surface area contributed by atoms with Crippen molar-refractivity contribution in [2.75, 3.05) is 13.7 Å². The molecule has 3 heteroatoms. The normalized spacial score (nSPS) is 25.5. The lowest BCUT2D eigenvalue weighted by Gasteiger charge is -2.38. The summed E-state index contributed by atoms with van der Waals surface area (Å²) >= 11 is 0. The summed E-state index contributed by atoms with van der Waals surface area (Å²) in [6.45, 7) is 12.0. The second-order valence-corrected chi connectivity index (χ2v) is 4.96. The molecule has 3 nitrogen and oxygen atoms in total. The number of rotatable bonds is 5. The molecule has 0 aliphatic carbocycles. The molecule has 0 aromatic heterocycles. The van der Waals surface area contributed by atoms with Gasteiger partial charge in [-0.25, -0.2) is 0 Å². The van der Waals surface area contributed by atoms with E-state index in [2.05, 4.69) is 13.2 Å². The Bertz CT molecular complexity index is 270. The summed E-state index contributed by atoms with van der Waals surface area (Å²) < 4.78 is 11.1. The molecule has 0 saturated carbocycles. The van der Waals surface area contributed by atoms with E-state index in [9.17, 15) is 5.11 Å². The fourth-order valence-electron chi connectivity index (χ4n) is 2.23. The van der Waals surface area contributed by atoms with E-state index < -0.39 is 11.5 Å². The summed E-state index contributed by atoms with van der Waals surface area (Å²) in [6.07, 6.45) is 1.53. The molecule has 0 unspecified atom stereocenters. The highest BCUT2D eigenvalue weighted by Crippen LogP contribution is 2.35. The van der Waals surface area contributed by atoms with Crippen molar-refractivity contribution >= 4 is 0 Å². The summed E-state index contributed by atoms with van der Waals surface area (Å²) in [5, 5.41) is 9.94. The fourth-order valence-corrected chi connectivity index (χ4v) is 2.23. The van der Waals surface area contributed by atoms with Gasteiger partial charge in [0, 0.05) is 12.5 Å². The minimum atomic E-state index is -0.616. The lowest BCUT2D eigenvalue weighted by Crippen LogP contribution is -2.47. The zero-order chi connectivity index (χ0) is 12.3. The molecule has 0 spiro atoms. The molecule has 1 fully saturated rings. The second kappa shape index (κ2) is 5.13. The van der Waals surface area contributed by atoms with Gasteiger partial charge in [-0.15, -0.1) is 6.58 Å². The van der Waals surface area contributed by atoms with Crippen molar-refractivity contribution in [1.82, 2.24) is 0 Å². The lowest BCUT2D eigenvalue weighted by molar-refractivity contribution is -0.114. The van der Waals surface area contributed by atoms with Crippen molar-refractivity contribution < 1.29 is 14.6 Å². The van der Waals surface area contributed by atoms with Gasteiger partial charge in [-0.1, -0.05) is 26.5 Å². The Kier molecular flexibility index (Phi) is 4.30. The maximum Gasteiger partial charge on any atom is 0.0914 e. The van der Waals surface area contributed by atoms with Crippen LogP contribution < -0.4 is 0 Å².